The number of hydrogen-bond acceptors (Lipinski definition) is 3. The molecular weight excluding hydrogens is 409 g/mol. The summed E-state index contributed by atoms with van der Waals surface area (Å²) in [4.78, 5) is 7.07. The van der Waals surface area contributed by atoms with Crippen molar-refractivity contribution in [1.29, 1.82) is 0 Å². The van der Waals surface area contributed by atoms with Crippen LogP contribution in [0.1, 0.15) is 35.9 Å². The minimum atomic E-state index is 0. The van der Waals surface area contributed by atoms with Gasteiger partial charge in [0.1, 0.15) is 0 Å². The highest BCUT2D eigenvalue weighted by Crippen LogP contribution is 2.16. The molecule has 0 aliphatic rings. The molecule has 6 heteroatoms. The molecule has 1 heterocycles. The highest BCUT2D eigenvalue weighted by atomic mass is 127. The number of nitrogens with one attached hydrogen (secondary N) is 2. The van der Waals surface area contributed by atoms with Gasteiger partial charge in [0.25, 0.3) is 0 Å². The SMILES string of the molecule is CN=C(NCCCCCOC)NC(C)Cc1ccc(C)s1.I. The molecule has 128 valence electrons. The summed E-state index contributed by atoms with van der Waals surface area (Å²) in [6, 6.07) is 4.77. The van der Waals surface area contributed by atoms with E-state index < -0.39 is 0 Å². The zero-order chi connectivity index (χ0) is 15.5. The second-order valence-electron chi connectivity index (χ2n) is 5.31. The maximum absolute atomic E-state index is 5.05. The normalized spacial score (nSPS) is 12.6. The molecule has 1 rings (SSSR count). The molecule has 0 spiro atoms. The van der Waals surface area contributed by atoms with Gasteiger partial charge in [-0.15, -0.1) is 35.3 Å². The number of unbranched alkanes of at least 4 members (excludes halogenated alkanes) is 2. The third kappa shape index (κ3) is 9.63. The number of aryl methyl sites for hydroxylation is 1. The Hall–Kier alpha value is -0.340. The van der Waals surface area contributed by atoms with Crippen LogP contribution in [0.15, 0.2) is 17.1 Å². The van der Waals surface area contributed by atoms with Crippen LogP contribution in [0.2, 0.25) is 0 Å². The third-order valence-corrected chi connectivity index (χ3v) is 4.25. The number of hydrogen-bond donors (Lipinski definition) is 2. The van der Waals surface area contributed by atoms with Gasteiger partial charge in [0.15, 0.2) is 5.96 Å². The van der Waals surface area contributed by atoms with Gasteiger partial charge in [0.05, 0.1) is 0 Å². The molecule has 2 N–H and O–H groups in total. The smallest absolute Gasteiger partial charge is 0.191 e. The lowest BCUT2D eigenvalue weighted by molar-refractivity contribution is 0.192. The van der Waals surface area contributed by atoms with E-state index >= 15 is 0 Å². The van der Waals surface area contributed by atoms with Gasteiger partial charge in [-0.3, -0.25) is 4.99 Å². The lowest BCUT2D eigenvalue weighted by Crippen LogP contribution is -2.43. The average Bonchev–Trinajstić information content (AvgIpc) is 2.86. The quantitative estimate of drug-likeness (QED) is 0.268. The summed E-state index contributed by atoms with van der Waals surface area (Å²) in [5.74, 6) is 0.891. The maximum Gasteiger partial charge on any atom is 0.191 e. The second-order valence-corrected chi connectivity index (χ2v) is 6.69. The molecule has 0 fully saturated rings. The predicted molar refractivity (Wildman–Crippen MR) is 108 cm³/mol. The van der Waals surface area contributed by atoms with Crippen molar-refractivity contribution in [3.05, 3.63) is 21.9 Å². The molecule has 22 heavy (non-hydrogen) atoms. The minimum absolute atomic E-state index is 0. The zero-order valence-electron chi connectivity index (χ0n) is 14.1. The number of rotatable bonds is 9. The fraction of sp³-hybridized carbons (Fsp3) is 0.688. The number of aliphatic imine (C=N–C) groups is 1. The van der Waals surface area contributed by atoms with Gasteiger partial charge in [-0.2, -0.15) is 0 Å². The van der Waals surface area contributed by atoms with Gasteiger partial charge in [0.2, 0.25) is 0 Å². The van der Waals surface area contributed by atoms with E-state index in [1.807, 2.05) is 18.4 Å². The molecule has 0 saturated heterocycles. The zero-order valence-corrected chi connectivity index (χ0v) is 17.3. The van der Waals surface area contributed by atoms with E-state index in [0.717, 1.165) is 38.4 Å². The van der Waals surface area contributed by atoms with E-state index in [2.05, 4.69) is 41.6 Å². The number of ether oxygens (including phenoxy) is 1. The summed E-state index contributed by atoms with van der Waals surface area (Å²) in [5, 5.41) is 6.82. The first-order valence-electron chi connectivity index (χ1n) is 7.67. The molecule has 0 aliphatic heterocycles. The van der Waals surface area contributed by atoms with Crippen LogP contribution in [0.25, 0.3) is 0 Å². The fourth-order valence-electron chi connectivity index (χ4n) is 2.13. The van der Waals surface area contributed by atoms with Crippen LogP contribution >= 0.6 is 35.3 Å². The van der Waals surface area contributed by atoms with Crippen LogP contribution in [0, 0.1) is 6.92 Å². The van der Waals surface area contributed by atoms with Crippen molar-refractivity contribution >= 4 is 41.3 Å². The molecule has 1 unspecified atom stereocenters. The van der Waals surface area contributed by atoms with E-state index in [1.54, 1.807) is 7.11 Å². The Balaban J connectivity index is 0.00000441. The van der Waals surface area contributed by atoms with Gasteiger partial charge in [-0.05, 0) is 45.2 Å². The monoisotopic (exact) mass is 439 g/mol. The lowest BCUT2D eigenvalue weighted by Gasteiger charge is -2.17. The van der Waals surface area contributed by atoms with Crippen molar-refractivity contribution in [2.45, 2.75) is 45.6 Å². The standard InChI is InChI=1S/C16H29N3OS.HI/c1-13(12-15-9-8-14(2)21-15)19-16(17-3)18-10-6-5-7-11-20-4;/h8-9,13H,5-7,10-12H2,1-4H3,(H2,17,18,19);1H. The van der Waals surface area contributed by atoms with Crippen molar-refractivity contribution in [1.82, 2.24) is 10.6 Å². The third-order valence-electron chi connectivity index (χ3n) is 3.23. The number of methoxy groups -OCH3 is 1. The van der Waals surface area contributed by atoms with Crippen LogP contribution in [-0.2, 0) is 11.2 Å². The van der Waals surface area contributed by atoms with Gasteiger partial charge in [-0.25, -0.2) is 0 Å². The molecule has 0 bridgehead atoms. The molecule has 1 aromatic heterocycles. The predicted octanol–water partition coefficient (Wildman–Crippen LogP) is 3.59. The van der Waals surface area contributed by atoms with Crippen molar-refractivity contribution < 1.29 is 4.74 Å². The molecule has 0 radical (unpaired) electrons. The molecule has 1 atom stereocenters. The molecule has 0 amide bonds. The number of guanidine groups is 1. The number of nitrogens with zero attached hydrogens (tertiary/aromatic N) is 1. The number of thiophene rings is 1. The average molecular weight is 439 g/mol. The van der Waals surface area contributed by atoms with Crippen LogP contribution in [0.3, 0.4) is 0 Å². The van der Waals surface area contributed by atoms with Crippen LogP contribution < -0.4 is 10.6 Å². The summed E-state index contributed by atoms with van der Waals surface area (Å²) in [7, 11) is 3.57. The first-order chi connectivity index (χ1) is 10.2. The molecule has 1 aromatic rings. The van der Waals surface area contributed by atoms with E-state index in [-0.39, 0.29) is 24.0 Å². The molecular formula is C16H30IN3OS. The van der Waals surface area contributed by atoms with Crippen molar-refractivity contribution in [3.63, 3.8) is 0 Å². The highest BCUT2D eigenvalue weighted by Gasteiger charge is 2.07. The Morgan fingerprint density at radius 1 is 1.32 bits per heavy atom. The van der Waals surface area contributed by atoms with E-state index in [9.17, 15) is 0 Å². The topological polar surface area (TPSA) is 45.7 Å². The summed E-state index contributed by atoms with van der Waals surface area (Å²) in [5.41, 5.74) is 0. The Kier molecular flexibility index (Phi) is 12.9. The molecule has 0 aromatic carbocycles. The van der Waals surface area contributed by atoms with Crippen molar-refractivity contribution in [2.24, 2.45) is 4.99 Å². The number of halogens is 1. The first kappa shape index (κ1) is 21.7. The maximum atomic E-state index is 5.05. The summed E-state index contributed by atoms with van der Waals surface area (Å²) in [6.45, 7) is 6.15. The highest BCUT2D eigenvalue weighted by molar-refractivity contribution is 14.0. The van der Waals surface area contributed by atoms with Crippen molar-refractivity contribution in [3.8, 4) is 0 Å². The van der Waals surface area contributed by atoms with Gasteiger partial charge in [0, 0.05) is 49.5 Å². The van der Waals surface area contributed by atoms with Crippen LogP contribution in [-0.4, -0.2) is 39.3 Å². The van der Waals surface area contributed by atoms with Gasteiger partial charge >= 0.3 is 0 Å². The molecule has 0 aliphatic carbocycles. The minimum Gasteiger partial charge on any atom is -0.385 e. The largest absolute Gasteiger partial charge is 0.385 e. The van der Waals surface area contributed by atoms with Gasteiger partial charge in [-0.1, -0.05) is 0 Å². The second kappa shape index (κ2) is 13.1. The Morgan fingerprint density at radius 2 is 2.09 bits per heavy atom. The lowest BCUT2D eigenvalue weighted by atomic mass is 10.2. The van der Waals surface area contributed by atoms with E-state index in [1.165, 1.54) is 16.2 Å². The summed E-state index contributed by atoms with van der Waals surface area (Å²) < 4.78 is 5.05. The Morgan fingerprint density at radius 3 is 2.68 bits per heavy atom. The Bertz CT molecular complexity index is 423. The van der Waals surface area contributed by atoms with Gasteiger partial charge < -0.3 is 15.4 Å². The van der Waals surface area contributed by atoms with Crippen LogP contribution in [0.5, 0.6) is 0 Å². The van der Waals surface area contributed by atoms with Crippen LogP contribution in [0.4, 0.5) is 0 Å². The summed E-state index contributed by atoms with van der Waals surface area (Å²) >= 11 is 1.87. The molecule has 0 saturated carbocycles. The first-order valence-corrected chi connectivity index (χ1v) is 8.48. The van der Waals surface area contributed by atoms with E-state index in [4.69, 9.17) is 4.74 Å². The van der Waals surface area contributed by atoms with E-state index in [0.29, 0.717) is 6.04 Å². The summed E-state index contributed by atoms with van der Waals surface area (Å²) in [6.07, 6.45) is 4.48. The van der Waals surface area contributed by atoms with Crippen molar-refractivity contribution in [2.75, 3.05) is 27.3 Å². The molecule has 4 nitrogen and oxygen atoms in total. The Labute approximate surface area is 156 Å². The fourth-order valence-corrected chi connectivity index (χ4v) is 3.15.